The molecule has 0 aliphatic rings. The van der Waals surface area contributed by atoms with E-state index in [0.717, 1.165) is 5.56 Å². The lowest BCUT2D eigenvalue weighted by Gasteiger charge is -2.08. The molecule has 0 saturated carbocycles. The van der Waals surface area contributed by atoms with Gasteiger partial charge in [0.15, 0.2) is 0 Å². The van der Waals surface area contributed by atoms with Crippen LogP contribution >= 0.6 is 11.6 Å². The number of amides is 2. The van der Waals surface area contributed by atoms with Crippen molar-refractivity contribution >= 4 is 40.9 Å². The van der Waals surface area contributed by atoms with Crippen molar-refractivity contribution in [2.24, 2.45) is 0 Å². The average Bonchev–Trinajstić information content (AvgIpc) is 2.67. The molecule has 0 atom stereocenters. The number of hydrogen-bond donors (Lipinski definition) is 2. The Kier molecular flexibility index (Phi) is 6.02. The Morgan fingerprint density at radius 1 is 0.778 bits per heavy atom. The van der Waals surface area contributed by atoms with Crippen molar-refractivity contribution in [1.82, 2.24) is 0 Å². The van der Waals surface area contributed by atoms with Gasteiger partial charge in [-0.2, -0.15) is 0 Å². The fourth-order valence-electron chi connectivity index (χ4n) is 2.43. The van der Waals surface area contributed by atoms with Gasteiger partial charge in [0, 0.05) is 28.0 Å². The molecule has 5 heteroatoms. The summed E-state index contributed by atoms with van der Waals surface area (Å²) in [4.78, 5) is 24.5. The van der Waals surface area contributed by atoms with E-state index in [2.05, 4.69) is 10.6 Å². The van der Waals surface area contributed by atoms with Crippen LogP contribution in [0.3, 0.4) is 0 Å². The van der Waals surface area contributed by atoms with Crippen LogP contribution in [-0.2, 0) is 4.79 Å². The summed E-state index contributed by atoms with van der Waals surface area (Å²) in [5.41, 5.74) is 2.51. The number of anilines is 2. The molecular weight excluding hydrogens is 360 g/mol. The zero-order chi connectivity index (χ0) is 19.1. The van der Waals surface area contributed by atoms with E-state index in [1.165, 1.54) is 6.08 Å². The fourth-order valence-corrected chi connectivity index (χ4v) is 2.62. The number of hydrogen-bond acceptors (Lipinski definition) is 2. The topological polar surface area (TPSA) is 58.2 Å². The summed E-state index contributed by atoms with van der Waals surface area (Å²) < 4.78 is 0. The summed E-state index contributed by atoms with van der Waals surface area (Å²) in [5.74, 6) is -0.556. The summed E-state index contributed by atoms with van der Waals surface area (Å²) in [7, 11) is 0. The van der Waals surface area contributed by atoms with Crippen LogP contribution in [0.25, 0.3) is 6.08 Å². The van der Waals surface area contributed by atoms with Crippen molar-refractivity contribution < 1.29 is 9.59 Å². The molecule has 0 saturated heterocycles. The Balaban J connectivity index is 1.65. The zero-order valence-electron chi connectivity index (χ0n) is 14.4. The largest absolute Gasteiger partial charge is 0.322 e. The van der Waals surface area contributed by atoms with Crippen LogP contribution < -0.4 is 10.6 Å². The molecule has 27 heavy (non-hydrogen) atoms. The van der Waals surface area contributed by atoms with E-state index in [4.69, 9.17) is 11.6 Å². The molecule has 4 nitrogen and oxygen atoms in total. The summed E-state index contributed by atoms with van der Waals surface area (Å²) in [6.45, 7) is 0. The smallest absolute Gasteiger partial charge is 0.255 e. The normalized spacial score (nSPS) is 10.6. The molecule has 134 valence electrons. The first-order valence-corrected chi connectivity index (χ1v) is 8.69. The minimum Gasteiger partial charge on any atom is -0.322 e. The summed E-state index contributed by atoms with van der Waals surface area (Å²) >= 11 is 5.93. The van der Waals surface area contributed by atoms with Crippen molar-refractivity contribution in [3.8, 4) is 0 Å². The van der Waals surface area contributed by atoms with Crippen LogP contribution in [0.2, 0.25) is 5.02 Å². The Labute approximate surface area is 162 Å². The molecule has 0 fully saturated rings. The molecule has 3 aromatic rings. The number of nitrogens with one attached hydrogen (secondary N) is 2. The molecule has 3 aromatic carbocycles. The molecule has 0 aromatic heterocycles. The maximum atomic E-state index is 12.4. The molecule has 0 radical (unpaired) electrons. The molecule has 0 bridgehead atoms. The van der Waals surface area contributed by atoms with Gasteiger partial charge in [-0.1, -0.05) is 54.1 Å². The van der Waals surface area contributed by atoms with Crippen molar-refractivity contribution in [2.45, 2.75) is 0 Å². The quantitative estimate of drug-likeness (QED) is 0.598. The van der Waals surface area contributed by atoms with E-state index in [1.807, 2.05) is 30.3 Å². The number of rotatable bonds is 5. The molecule has 3 rings (SSSR count). The highest BCUT2D eigenvalue weighted by molar-refractivity contribution is 6.31. The van der Waals surface area contributed by atoms with Gasteiger partial charge >= 0.3 is 0 Å². The monoisotopic (exact) mass is 376 g/mol. The van der Waals surface area contributed by atoms with Gasteiger partial charge < -0.3 is 10.6 Å². The fraction of sp³-hybridized carbons (Fsp3) is 0. The van der Waals surface area contributed by atoms with Crippen molar-refractivity contribution in [1.29, 1.82) is 0 Å². The average molecular weight is 377 g/mol. The lowest BCUT2D eigenvalue weighted by Crippen LogP contribution is -2.13. The van der Waals surface area contributed by atoms with Crippen LogP contribution in [-0.4, -0.2) is 11.8 Å². The molecule has 2 amide bonds. The number of halogens is 1. The zero-order valence-corrected chi connectivity index (χ0v) is 15.1. The first-order chi connectivity index (χ1) is 13.1. The van der Waals surface area contributed by atoms with E-state index in [0.29, 0.717) is 22.0 Å². The van der Waals surface area contributed by atoms with Crippen molar-refractivity contribution in [2.75, 3.05) is 10.6 Å². The molecule has 0 aliphatic heterocycles. The molecule has 0 heterocycles. The first kappa shape index (κ1) is 18.4. The second-order valence-electron chi connectivity index (χ2n) is 5.78. The second-order valence-corrected chi connectivity index (χ2v) is 6.21. The maximum Gasteiger partial charge on any atom is 0.255 e. The van der Waals surface area contributed by atoms with E-state index in [9.17, 15) is 9.59 Å². The minimum atomic E-state index is -0.284. The SMILES string of the molecule is O=C(/C=C/c1ccccc1)Nc1cccc(C(=O)Nc2cccc(Cl)c2)c1. The predicted molar refractivity (Wildman–Crippen MR) is 110 cm³/mol. The summed E-state index contributed by atoms with van der Waals surface area (Å²) in [6.07, 6.45) is 3.18. The lowest BCUT2D eigenvalue weighted by molar-refractivity contribution is -0.111. The van der Waals surface area contributed by atoms with E-state index in [-0.39, 0.29) is 11.8 Å². The van der Waals surface area contributed by atoms with Gasteiger partial charge in [-0.25, -0.2) is 0 Å². The van der Waals surface area contributed by atoms with Gasteiger partial charge in [-0.05, 0) is 48.0 Å². The summed E-state index contributed by atoms with van der Waals surface area (Å²) in [6, 6.07) is 23.2. The highest BCUT2D eigenvalue weighted by Gasteiger charge is 2.08. The number of carbonyl (C=O) groups is 2. The van der Waals surface area contributed by atoms with Gasteiger partial charge in [0.2, 0.25) is 5.91 Å². The Morgan fingerprint density at radius 2 is 1.48 bits per heavy atom. The van der Waals surface area contributed by atoms with Crippen LogP contribution in [0.4, 0.5) is 11.4 Å². The maximum absolute atomic E-state index is 12.4. The van der Waals surface area contributed by atoms with Gasteiger partial charge in [0.1, 0.15) is 0 Å². The summed E-state index contributed by atoms with van der Waals surface area (Å²) in [5, 5.41) is 6.07. The molecule has 0 unspecified atom stereocenters. The van der Waals surface area contributed by atoms with Crippen LogP contribution in [0, 0.1) is 0 Å². The molecule has 2 N–H and O–H groups in total. The molecule has 0 aliphatic carbocycles. The van der Waals surface area contributed by atoms with Crippen LogP contribution in [0.5, 0.6) is 0 Å². The highest BCUT2D eigenvalue weighted by atomic mass is 35.5. The Morgan fingerprint density at radius 3 is 2.22 bits per heavy atom. The van der Waals surface area contributed by atoms with Gasteiger partial charge in [-0.15, -0.1) is 0 Å². The number of benzene rings is 3. The van der Waals surface area contributed by atoms with Crippen LogP contribution in [0.15, 0.2) is 84.9 Å². The predicted octanol–water partition coefficient (Wildman–Crippen LogP) is 5.24. The minimum absolute atomic E-state index is 0.272. The van der Waals surface area contributed by atoms with E-state index in [1.54, 1.807) is 54.6 Å². The standard InChI is InChI=1S/C22H17ClN2O2/c23-18-9-5-11-20(15-18)25-22(27)17-8-4-10-19(14-17)24-21(26)13-12-16-6-2-1-3-7-16/h1-15H,(H,24,26)(H,25,27)/b13-12+. The van der Waals surface area contributed by atoms with Crippen molar-refractivity contribution in [3.05, 3.63) is 101 Å². The lowest BCUT2D eigenvalue weighted by atomic mass is 10.1. The third-order valence-corrected chi connectivity index (χ3v) is 3.94. The van der Waals surface area contributed by atoms with Gasteiger partial charge in [0.05, 0.1) is 0 Å². The first-order valence-electron chi connectivity index (χ1n) is 8.31. The third-order valence-electron chi connectivity index (χ3n) is 3.70. The van der Waals surface area contributed by atoms with Crippen molar-refractivity contribution in [3.63, 3.8) is 0 Å². The van der Waals surface area contributed by atoms with E-state index >= 15 is 0 Å². The van der Waals surface area contributed by atoms with Gasteiger partial charge in [-0.3, -0.25) is 9.59 Å². The van der Waals surface area contributed by atoms with E-state index < -0.39 is 0 Å². The highest BCUT2D eigenvalue weighted by Crippen LogP contribution is 2.17. The number of carbonyl (C=O) groups excluding carboxylic acids is 2. The Bertz CT molecular complexity index is 984. The van der Waals surface area contributed by atoms with Gasteiger partial charge in [0.25, 0.3) is 5.91 Å². The Hall–Kier alpha value is -3.37. The second kappa shape index (κ2) is 8.83. The molecule has 0 spiro atoms. The molecular formula is C22H17ClN2O2. The van der Waals surface area contributed by atoms with Crippen LogP contribution in [0.1, 0.15) is 15.9 Å². The third kappa shape index (κ3) is 5.56.